The van der Waals surface area contributed by atoms with Crippen molar-refractivity contribution < 1.29 is 0 Å². The molecule has 0 radical (unpaired) electrons. The van der Waals surface area contributed by atoms with Crippen LogP contribution in [0.5, 0.6) is 0 Å². The predicted octanol–water partition coefficient (Wildman–Crippen LogP) is 3.49. The summed E-state index contributed by atoms with van der Waals surface area (Å²) in [5, 5.41) is 0.750. The van der Waals surface area contributed by atoms with E-state index >= 15 is 0 Å². The first kappa shape index (κ1) is 11.4. The molecule has 1 nitrogen and oxygen atoms in total. The summed E-state index contributed by atoms with van der Waals surface area (Å²) in [6.07, 6.45) is 0. The molecule has 4 heteroatoms. The lowest BCUT2D eigenvalue weighted by molar-refractivity contribution is 1.07. The molecule has 0 aliphatic carbocycles. The van der Waals surface area contributed by atoms with E-state index in [2.05, 4.69) is 28.3 Å². The summed E-state index contributed by atoms with van der Waals surface area (Å²) in [6, 6.07) is 7.57. The Balaban J connectivity index is 0.000000461. The van der Waals surface area contributed by atoms with Gasteiger partial charge in [-0.1, -0.05) is 29.8 Å². The number of benzene rings is 1. The largest absolute Gasteiger partial charge is 0.326 e. The van der Waals surface area contributed by atoms with Gasteiger partial charge in [0, 0.05) is 39.8 Å². The van der Waals surface area contributed by atoms with E-state index in [9.17, 15) is 0 Å². The molecular weight excluding hydrogens is 293 g/mol. The van der Waals surface area contributed by atoms with Gasteiger partial charge in [-0.15, -0.1) is 0 Å². The van der Waals surface area contributed by atoms with E-state index < -0.39 is 0 Å². The molecule has 0 saturated carbocycles. The van der Waals surface area contributed by atoms with Crippen LogP contribution in [0.3, 0.4) is 0 Å². The molecule has 1 rings (SSSR count). The van der Waals surface area contributed by atoms with Crippen molar-refractivity contribution in [1.29, 1.82) is 0 Å². The molecule has 0 unspecified atom stereocenters. The topological polar surface area (TPSA) is 26.0 Å². The predicted molar refractivity (Wildman–Crippen MR) is 57.2 cm³/mol. The summed E-state index contributed by atoms with van der Waals surface area (Å²) in [4.78, 5) is 0. The van der Waals surface area contributed by atoms with Crippen LogP contribution in [0.15, 0.2) is 24.3 Å². The van der Waals surface area contributed by atoms with E-state index in [4.69, 9.17) is 17.3 Å². The van der Waals surface area contributed by atoms with Crippen molar-refractivity contribution in [3.05, 3.63) is 34.9 Å². The van der Waals surface area contributed by atoms with Gasteiger partial charge in [-0.05, 0) is 11.6 Å². The molecule has 62 valence electrons. The zero-order chi connectivity index (χ0) is 8.69. The number of rotatable bonds is 1. The first-order valence-corrected chi connectivity index (χ1v) is 7.01. The molecule has 0 amide bonds. The Morgan fingerprint density at radius 1 is 1.27 bits per heavy atom. The van der Waals surface area contributed by atoms with Crippen LogP contribution in [0.2, 0.25) is 5.02 Å². The summed E-state index contributed by atoms with van der Waals surface area (Å²) in [6.45, 7) is 0.514. The van der Waals surface area contributed by atoms with Gasteiger partial charge in [0.1, 0.15) is 0 Å². The number of nitrogens with two attached hydrogens (primary N) is 1. The van der Waals surface area contributed by atoms with Crippen molar-refractivity contribution in [2.24, 2.45) is 5.73 Å². The van der Waals surface area contributed by atoms with Crippen molar-refractivity contribution in [2.45, 2.75) is 6.54 Å². The van der Waals surface area contributed by atoms with Gasteiger partial charge in [-0.3, -0.25) is 0 Å². The fourth-order valence-corrected chi connectivity index (χ4v) is 0.877. The van der Waals surface area contributed by atoms with Crippen LogP contribution in [0, 0.1) is 0 Å². The second kappa shape index (κ2) is 7.10. The van der Waals surface area contributed by atoms with Crippen molar-refractivity contribution in [2.75, 3.05) is 0 Å². The number of hydrogen-bond acceptors (Lipinski definition) is 1. The summed E-state index contributed by atoms with van der Waals surface area (Å²) in [5.41, 5.74) is 6.37. The van der Waals surface area contributed by atoms with Gasteiger partial charge in [0.2, 0.25) is 0 Å². The average molecular weight is 301 g/mol. The minimum absolute atomic E-state index is 0.514. The minimum Gasteiger partial charge on any atom is -0.326 e. The molecular formula is C7H8Br2ClN. The fourth-order valence-electron chi connectivity index (χ4n) is 0.664. The van der Waals surface area contributed by atoms with Gasteiger partial charge in [0.25, 0.3) is 0 Å². The summed E-state index contributed by atoms with van der Waals surface area (Å²) in [7, 11) is 0. The molecule has 0 atom stereocenters. The molecule has 0 aliphatic rings. The first-order chi connectivity index (χ1) is 5.34. The zero-order valence-corrected chi connectivity index (χ0v) is 9.66. The standard InChI is InChI=1S/C7H8ClN.Br2/c8-7-4-2-1-3-6(7)5-9;1-2/h1-4H,5,9H2;. The number of halogens is 3. The van der Waals surface area contributed by atoms with Gasteiger partial charge in [0.05, 0.1) is 0 Å². The van der Waals surface area contributed by atoms with Crippen LogP contribution in [0.25, 0.3) is 0 Å². The van der Waals surface area contributed by atoms with E-state index in [0.717, 1.165) is 10.6 Å². The van der Waals surface area contributed by atoms with Crippen molar-refractivity contribution >= 4 is 39.9 Å². The van der Waals surface area contributed by atoms with E-state index in [0.29, 0.717) is 6.54 Å². The molecule has 0 fully saturated rings. The van der Waals surface area contributed by atoms with Crippen LogP contribution in [0.4, 0.5) is 0 Å². The van der Waals surface area contributed by atoms with E-state index in [1.807, 2.05) is 24.3 Å². The minimum atomic E-state index is 0.514. The first-order valence-electron chi connectivity index (χ1n) is 2.92. The molecule has 0 heterocycles. The normalized spacial score (nSPS) is 8.36. The summed E-state index contributed by atoms with van der Waals surface area (Å²) >= 11 is 11.2. The highest BCUT2D eigenvalue weighted by molar-refractivity contribution is 9.93. The number of hydrogen-bond donors (Lipinski definition) is 1. The van der Waals surface area contributed by atoms with Gasteiger partial charge in [-0.25, -0.2) is 0 Å². The maximum absolute atomic E-state index is 5.74. The van der Waals surface area contributed by atoms with Crippen molar-refractivity contribution in [3.8, 4) is 0 Å². The molecule has 11 heavy (non-hydrogen) atoms. The Morgan fingerprint density at radius 3 is 2.18 bits per heavy atom. The second-order valence-corrected chi connectivity index (χ2v) is 2.20. The molecule has 0 bridgehead atoms. The van der Waals surface area contributed by atoms with Gasteiger partial charge >= 0.3 is 0 Å². The Labute approximate surface area is 86.8 Å². The Morgan fingerprint density at radius 2 is 1.82 bits per heavy atom. The maximum atomic E-state index is 5.74. The van der Waals surface area contributed by atoms with Gasteiger partial charge in [-0.2, -0.15) is 0 Å². The third-order valence-electron chi connectivity index (χ3n) is 1.18. The lowest BCUT2D eigenvalue weighted by Crippen LogP contribution is -1.95. The molecule has 1 aromatic rings. The smallest absolute Gasteiger partial charge is 0.0450 e. The van der Waals surface area contributed by atoms with Crippen molar-refractivity contribution in [1.82, 2.24) is 0 Å². The second-order valence-electron chi connectivity index (χ2n) is 1.80. The molecule has 0 aliphatic heterocycles. The highest BCUT2D eigenvalue weighted by Gasteiger charge is 1.92. The quantitative estimate of drug-likeness (QED) is 0.844. The highest BCUT2D eigenvalue weighted by atomic mass is 80.9. The zero-order valence-electron chi connectivity index (χ0n) is 5.73. The van der Waals surface area contributed by atoms with Crippen LogP contribution in [-0.4, -0.2) is 0 Å². The van der Waals surface area contributed by atoms with Gasteiger partial charge < -0.3 is 5.73 Å². The molecule has 0 aromatic heterocycles. The van der Waals surface area contributed by atoms with Crippen LogP contribution in [0.1, 0.15) is 5.56 Å². The average Bonchev–Trinajstić information content (AvgIpc) is 2.09. The lowest BCUT2D eigenvalue weighted by Gasteiger charge is -1.96. The third-order valence-corrected chi connectivity index (χ3v) is 1.55. The van der Waals surface area contributed by atoms with Crippen LogP contribution >= 0.6 is 39.9 Å². The van der Waals surface area contributed by atoms with E-state index in [1.165, 1.54) is 0 Å². The van der Waals surface area contributed by atoms with Crippen LogP contribution in [-0.2, 0) is 6.54 Å². The van der Waals surface area contributed by atoms with Crippen LogP contribution < -0.4 is 5.73 Å². The monoisotopic (exact) mass is 299 g/mol. The Kier molecular flexibility index (Phi) is 7.38. The molecule has 2 N–H and O–H groups in total. The third kappa shape index (κ3) is 4.11. The summed E-state index contributed by atoms with van der Waals surface area (Å²) < 4.78 is 0. The van der Waals surface area contributed by atoms with Crippen molar-refractivity contribution in [3.63, 3.8) is 0 Å². The van der Waals surface area contributed by atoms with Gasteiger partial charge in [0.15, 0.2) is 0 Å². The Hall–Kier alpha value is 0.430. The molecule has 0 saturated heterocycles. The molecule has 1 aromatic carbocycles. The summed E-state index contributed by atoms with van der Waals surface area (Å²) in [5.74, 6) is 0. The highest BCUT2D eigenvalue weighted by Crippen LogP contribution is 2.12. The fraction of sp³-hybridized carbons (Fsp3) is 0.143. The Bertz CT molecular complexity index is 205. The lowest BCUT2D eigenvalue weighted by atomic mass is 10.2. The maximum Gasteiger partial charge on any atom is 0.0450 e. The SMILES string of the molecule is BrBr.NCc1ccccc1Cl. The van der Waals surface area contributed by atoms with E-state index in [1.54, 1.807) is 0 Å². The molecule has 0 spiro atoms. The van der Waals surface area contributed by atoms with E-state index in [-0.39, 0.29) is 0 Å².